The van der Waals surface area contributed by atoms with Crippen molar-refractivity contribution in [2.24, 2.45) is 0 Å². The van der Waals surface area contributed by atoms with E-state index >= 15 is 0 Å². The fraction of sp³-hybridized carbons (Fsp3) is 0.250. The highest BCUT2D eigenvalue weighted by Gasteiger charge is 2.16. The van der Waals surface area contributed by atoms with Crippen LogP contribution in [0.15, 0.2) is 24.5 Å². The molecule has 0 radical (unpaired) electrons. The molecule has 0 aliphatic rings. The van der Waals surface area contributed by atoms with Crippen LogP contribution in [0.1, 0.15) is 27.3 Å². The van der Waals surface area contributed by atoms with Gasteiger partial charge in [0.05, 0.1) is 0 Å². The summed E-state index contributed by atoms with van der Waals surface area (Å²) < 4.78 is 5.47. The molecule has 94 valence electrons. The second kappa shape index (κ2) is 5.59. The largest absolute Gasteiger partial charge is 0.484 e. The van der Waals surface area contributed by atoms with Gasteiger partial charge in [-0.2, -0.15) is 0 Å². The van der Waals surface area contributed by atoms with Gasteiger partial charge in [0.1, 0.15) is 12.4 Å². The lowest BCUT2D eigenvalue weighted by molar-refractivity contribution is 0.0697. The topological polar surface area (TPSA) is 72.3 Å². The van der Waals surface area contributed by atoms with Crippen LogP contribution in [0, 0.1) is 0 Å². The third-order valence-electron chi connectivity index (χ3n) is 2.27. The van der Waals surface area contributed by atoms with Crippen molar-refractivity contribution in [2.45, 2.75) is 20.0 Å². The van der Waals surface area contributed by atoms with E-state index in [0.717, 1.165) is 11.3 Å². The van der Waals surface area contributed by atoms with Crippen molar-refractivity contribution in [2.75, 3.05) is 0 Å². The highest BCUT2D eigenvalue weighted by Crippen LogP contribution is 2.30. The fourth-order valence-corrected chi connectivity index (χ4v) is 2.28. The Morgan fingerprint density at radius 3 is 2.78 bits per heavy atom. The molecule has 0 fully saturated rings. The highest BCUT2D eigenvalue weighted by atomic mass is 32.1. The van der Waals surface area contributed by atoms with Gasteiger partial charge < -0.3 is 9.84 Å². The highest BCUT2D eigenvalue weighted by molar-refractivity contribution is 7.14. The van der Waals surface area contributed by atoms with Crippen LogP contribution in [-0.4, -0.2) is 21.0 Å². The number of carbonyl (C=O) groups is 1. The van der Waals surface area contributed by atoms with Crippen molar-refractivity contribution in [3.05, 3.63) is 40.1 Å². The van der Waals surface area contributed by atoms with Crippen LogP contribution in [0.5, 0.6) is 5.75 Å². The molecule has 0 aliphatic carbocycles. The van der Waals surface area contributed by atoms with E-state index in [0.29, 0.717) is 11.6 Å². The maximum Gasteiger partial charge on any atom is 0.349 e. The second-order valence-electron chi connectivity index (χ2n) is 3.52. The zero-order valence-corrected chi connectivity index (χ0v) is 10.6. The summed E-state index contributed by atoms with van der Waals surface area (Å²) in [5.41, 5.74) is 0. The number of rotatable bonds is 5. The zero-order chi connectivity index (χ0) is 13.0. The van der Waals surface area contributed by atoms with Gasteiger partial charge in [0.15, 0.2) is 10.7 Å². The lowest BCUT2D eigenvalue weighted by Gasteiger charge is -2.03. The molecule has 0 saturated heterocycles. The standard InChI is InChI=1S/C12H12N2O3S/c1-2-8-6-9(11(18-8)12(15)16)17-7-10-13-4-3-5-14-10/h3-6H,2,7H2,1H3,(H,15,16). The van der Waals surface area contributed by atoms with Gasteiger partial charge in [-0.25, -0.2) is 14.8 Å². The molecule has 2 rings (SSSR count). The van der Waals surface area contributed by atoms with Gasteiger partial charge in [-0.05, 0) is 18.6 Å². The quantitative estimate of drug-likeness (QED) is 0.897. The van der Waals surface area contributed by atoms with Gasteiger partial charge >= 0.3 is 5.97 Å². The second-order valence-corrected chi connectivity index (χ2v) is 4.66. The predicted molar refractivity (Wildman–Crippen MR) is 67.0 cm³/mol. The Hall–Kier alpha value is -1.95. The summed E-state index contributed by atoms with van der Waals surface area (Å²) in [5, 5.41) is 9.07. The third-order valence-corrected chi connectivity index (χ3v) is 3.52. The van der Waals surface area contributed by atoms with Gasteiger partial charge in [0.2, 0.25) is 0 Å². The lowest BCUT2D eigenvalue weighted by Crippen LogP contribution is -2.02. The molecule has 0 amide bonds. The van der Waals surface area contributed by atoms with Crippen LogP contribution in [0.25, 0.3) is 0 Å². The molecule has 0 atom stereocenters. The number of aromatic nitrogens is 2. The van der Waals surface area contributed by atoms with E-state index in [1.54, 1.807) is 24.5 Å². The fourth-order valence-electron chi connectivity index (χ4n) is 1.40. The molecular weight excluding hydrogens is 252 g/mol. The normalized spacial score (nSPS) is 10.3. The molecule has 1 N–H and O–H groups in total. The first-order chi connectivity index (χ1) is 8.70. The number of aromatic carboxylic acids is 1. The summed E-state index contributed by atoms with van der Waals surface area (Å²) in [6.07, 6.45) is 4.03. The molecule has 0 aromatic carbocycles. The Kier molecular flexibility index (Phi) is 3.88. The minimum atomic E-state index is -0.969. The van der Waals surface area contributed by atoms with Crippen molar-refractivity contribution < 1.29 is 14.6 Å². The van der Waals surface area contributed by atoms with E-state index in [1.165, 1.54) is 11.3 Å². The Balaban J connectivity index is 2.13. The van der Waals surface area contributed by atoms with Crippen LogP contribution < -0.4 is 4.74 Å². The van der Waals surface area contributed by atoms with Crippen molar-refractivity contribution in [1.82, 2.24) is 9.97 Å². The zero-order valence-electron chi connectivity index (χ0n) is 9.79. The van der Waals surface area contributed by atoms with Crippen LogP contribution in [0.3, 0.4) is 0 Å². The average molecular weight is 264 g/mol. The minimum Gasteiger partial charge on any atom is -0.484 e. The third kappa shape index (κ3) is 2.84. The van der Waals surface area contributed by atoms with E-state index in [1.807, 2.05) is 6.92 Å². The molecule has 0 aliphatic heterocycles. The van der Waals surface area contributed by atoms with Crippen LogP contribution >= 0.6 is 11.3 Å². The van der Waals surface area contributed by atoms with E-state index in [9.17, 15) is 4.79 Å². The van der Waals surface area contributed by atoms with Crippen molar-refractivity contribution in [3.63, 3.8) is 0 Å². The number of thiophene rings is 1. The van der Waals surface area contributed by atoms with Crippen molar-refractivity contribution in [3.8, 4) is 5.75 Å². The molecular formula is C12H12N2O3S. The number of nitrogens with zero attached hydrogens (tertiary/aromatic N) is 2. The summed E-state index contributed by atoms with van der Waals surface area (Å²) in [6.45, 7) is 2.14. The van der Waals surface area contributed by atoms with Gasteiger partial charge in [-0.15, -0.1) is 11.3 Å². The molecule has 0 unspecified atom stereocenters. The van der Waals surface area contributed by atoms with Gasteiger partial charge in [0.25, 0.3) is 0 Å². The SMILES string of the molecule is CCc1cc(OCc2ncccn2)c(C(=O)O)s1. The maximum absolute atomic E-state index is 11.1. The number of ether oxygens (including phenoxy) is 1. The molecule has 2 aromatic rings. The first-order valence-corrected chi connectivity index (χ1v) is 6.27. The summed E-state index contributed by atoms with van der Waals surface area (Å²) in [5.74, 6) is -0.0569. The number of aryl methyl sites for hydroxylation is 1. The van der Waals surface area contributed by atoms with Gasteiger partial charge in [-0.1, -0.05) is 6.92 Å². The Morgan fingerprint density at radius 2 is 2.17 bits per heavy atom. The predicted octanol–water partition coefficient (Wildman–Crippen LogP) is 2.38. The Bertz CT molecular complexity index is 540. The molecule has 0 saturated carbocycles. The van der Waals surface area contributed by atoms with E-state index in [4.69, 9.17) is 9.84 Å². The van der Waals surface area contributed by atoms with Crippen molar-refractivity contribution in [1.29, 1.82) is 0 Å². The van der Waals surface area contributed by atoms with E-state index in [2.05, 4.69) is 9.97 Å². The van der Waals surface area contributed by atoms with E-state index < -0.39 is 5.97 Å². The molecule has 6 heteroatoms. The lowest BCUT2D eigenvalue weighted by atomic mass is 10.3. The van der Waals surface area contributed by atoms with Crippen molar-refractivity contribution >= 4 is 17.3 Å². The van der Waals surface area contributed by atoms with Gasteiger partial charge in [-0.3, -0.25) is 0 Å². The first-order valence-electron chi connectivity index (χ1n) is 5.45. The summed E-state index contributed by atoms with van der Waals surface area (Å²) in [7, 11) is 0. The maximum atomic E-state index is 11.1. The smallest absolute Gasteiger partial charge is 0.349 e. The number of hydrogen-bond donors (Lipinski definition) is 1. The first kappa shape index (κ1) is 12.5. The van der Waals surface area contributed by atoms with Crippen LogP contribution in [-0.2, 0) is 13.0 Å². The molecule has 2 heterocycles. The summed E-state index contributed by atoms with van der Waals surface area (Å²) in [4.78, 5) is 20.3. The summed E-state index contributed by atoms with van der Waals surface area (Å²) >= 11 is 1.24. The Morgan fingerprint density at radius 1 is 1.44 bits per heavy atom. The molecule has 0 spiro atoms. The van der Waals surface area contributed by atoms with Crippen LogP contribution in [0.2, 0.25) is 0 Å². The van der Waals surface area contributed by atoms with Crippen LogP contribution in [0.4, 0.5) is 0 Å². The molecule has 0 bridgehead atoms. The average Bonchev–Trinajstić information content (AvgIpc) is 2.81. The minimum absolute atomic E-state index is 0.168. The summed E-state index contributed by atoms with van der Waals surface area (Å²) in [6, 6.07) is 3.48. The van der Waals surface area contributed by atoms with E-state index in [-0.39, 0.29) is 11.5 Å². The number of carboxylic acid groups (broad SMARTS) is 1. The number of carboxylic acids is 1. The molecule has 2 aromatic heterocycles. The molecule has 5 nitrogen and oxygen atoms in total. The Labute approximate surface area is 108 Å². The van der Waals surface area contributed by atoms with Gasteiger partial charge in [0, 0.05) is 17.3 Å². The molecule has 18 heavy (non-hydrogen) atoms. The monoisotopic (exact) mass is 264 g/mol. The number of hydrogen-bond acceptors (Lipinski definition) is 5.